The lowest BCUT2D eigenvalue weighted by Gasteiger charge is -2.11. The van der Waals surface area contributed by atoms with Gasteiger partial charge < -0.3 is 14.0 Å². The van der Waals surface area contributed by atoms with E-state index in [0.717, 1.165) is 36.3 Å². The molecule has 0 saturated heterocycles. The van der Waals surface area contributed by atoms with Crippen molar-refractivity contribution < 1.29 is 18.7 Å². The van der Waals surface area contributed by atoms with Crippen molar-refractivity contribution in [3.63, 3.8) is 0 Å². The van der Waals surface area contributed by atoms with Gasteiger partial charge in [0.05, 0.1) is 28.9 Å². The third-order valence-corrected chi connectivity index (χ3v) is 7.25. The first-order valence-electron chi connectivity index (χ1n) is 9.21. The molecule has 0 aliphatic carbocycles. The Hall–Kier alpha value is -2.64. The molecule has 0 aliphatic rings. The molecule has 0 N–H and O–H groups in total. The number of aryl methyl sites for hydroxylation is 1. The number of thiophene rings is 1. The summed E-state index contributed by atoms with van der Waals surface area (Å²) < 4.78 is 28.0. The number of rotatable bonds is 5. The maximum Gasteiger partial charge on any atom is 0.354 e. The highest BCUT2D eigenvalue weighted by Crippen LogP contribution is 2.38. The molecule has 4 aromatic rings. The van der Waals surface area contributed by atoms with Gasteiger partial charge in [-0.3, -0.25) is 0 Å². The van der Waals surface area contributed by atoms with Crippen molar-refractivity contribution in [3.8, 4) is 16.9 Å². The highest BCUT2D eigenvalue weighted by molar-refractivity contribution is 9.10. The monoisotopic (exact) mass is 487 g/mol. The Kier molecular flexibility index (Phi) is 5.66. The van der Waals surface area contributed by atoms with Gasteiger partial charge in [-0.25, -0.2) is 9.18 Å². The van der Waals surface area contributed by atoms with Crippen LogP contribution in [0.25, 0.3) is 21.3 Å². The van der Waals surface area contributed by atoms with Crippen molar-refractivity contribution >= 4 is 43.5 Å². The van der Waals surface area contributed by atoms with Gasteiger partial charge in [-0.15, -0.1) is 11.3 Å². The second-order valence-electron chi connectivity index (χ2n) is 6.87. The number of carbonyl (C=O) groups is 1. The van der Waals surface area contributed by atoms with Crippen LogP contribution in [0.1, 0.15) is 20.9 Å². The Morgan fingerprint density at radius 3 is 2.50 bits per heavy atom. The second-order valence-corrected chi connectivity index (χ2v) is 8.92. The highest BCUT2D eigenvalue weighted by Gasteiger charge is 2.21. The lowest BCUT2D eigenvalue weighted by atomic mass is 10.0. The minimum absolute atomic E-state index is 0.344. The van der Waals surface area contributed by atoms with E-state index in [2.05, 4.69) is 15.9 Å². The number of halogens is 2. The van der Waals surface area contributed by atoms with Gasteiger partial charge in [0.2, 0.25) is 0 Å². The van der Waals surface area contributed by atoms with Gasteiger partial charge in [-0.1, -0.05) is 24.3 Å². The summed E-state index contributed by atoms with van der Waals surface area (Å²) in [5.41, 5.74) is 4.14. The van der Waals surface area contributed by atoms with Crippen LogP contribution < -0.4 is 4.74 Å². The summed E-state index contributed by atoms with van der Waals surface area (Å²) >= 11 is 5.29. The molecule has 0 unspecified atom stereocenters. The average molecular weight is 488 g/mol. The van der Waals surface area contributed by atoms with Crippen LogP contribution in [0.2, 0.25) is 0 Å². The van der Waals surface area contributed by atoms with Gasteiger partial charge in [0.25, 0.3) is 0 Å². The van der Waals surface area contributed by atoms with Gasteiger partial charge in [0.15, 0.2) is 0 Å². The summed E-state index contributed by atoms with van der Waals surface area (Å²) in [6, 6.07) is 14.3. The molecular formula is C23H19BrFNO3S. The predicted molar refractivity (Wildman–Crippen MR) is 121 cm³/mol. The van der Waals surface area contributed by atoms with Crippen molar-refractivity contribution in [1.82, 2.24) is 4.57 Å². The van der Waals surface area contributed by atoms with Crippen molar-refractivity contribution in [2.45, 2.75) is 13.5 Å². The van der Waals surface area contributed by atoms with Gasteiger partial charge in [0, 0.05) is 17.5 Å². The normalized spacial score (nSPS) is 11.1. The molecule has 2 heterocycles. The van der Waals surface area contributed by atoms with Crippen LogP contribution >= 0.6 is 27.3 Å². The minimum atomic E-state index is -0.369. The zero-order chi connectivity index (χ0) is 21.4. The number of hydrogen-bond donors (Lipinski definition) is 0. The summed E-state index contributed by atoms with van der Waals surface area (Å²) in [7, 11) is 2.90. The van der Waals surface area contributed by atoms with E-state index >= 15 is 0 Å². The zero-order valence-corrected chi connectivity index (χ0v) is 19.1. The van der Waals surface area contributed by atoms with E-state index in [1.54, 1.807) is 17.4 Å². The third-order valence-electron chi connectivity index (χ3n) is 4.97. The molecule has 4 rings (SSSR count). The van der Waals surface area contributed by atoms with Crippen LogP contribution in [0.5, 0.6) is 5.75 Å². The molecule has 0 spiro atoms. The van der Waals surface area contributed by atoms with Crippen LogP contribution in [-0.2, 0) is 11.3 Å². The predicted octanol–water partition coefficient (Wildman–Crippen LogP) is 6.42. The highest BCUT2D eigenvalue weighted by atomic mass is 79.9. The van der Waals surface area contributed by atoms with E-state index in [4.69, 9.17) is 9.47 Å². The summed E-state index contributed by atoms with van der Waals surface area (Å²) in [4.78, 5) is 13.5. The topological polar surface area (TPSA) is 40.5 Å². The molecule has 0 aliphatic heterocycles. The van der Waals surface area contributed by atoms with E-state index in [0.29, 0.717) is 18.0 Å². The van der Waals surface area contributed by atoms with Crippen molar-refractivity contribution in [2.75, 3.05) is 14.2 Å². The van der Waals surface area contributed by atoms with E-state index in [1.807, 2.05) is 41.8 Å². The molecule has 0 bridgehead atoms. The zero-order valence-electron chi connectivity index (χ0n) is 16.7. The Morgan fingerprint density at radius 2 is 1.83 bits per heavy atom. The Balaban J connectivity index is 1.71. The average Bonchev–Trinajstić information content (AvgIpc) is 3.23. The number of esters is 1. The van der Waals surface area contributed by atoms with E-state index < -0.39 is 0 Å². The first-order valence-corrected chi connectivity index (χ1v) is 10.8. The summed E-state index contributed by atoms with van der Waals surface area (Å²) in [6.07, 6.45) is 0. The number of benzene rings is 2. The summed E-state index contributed by atoms with van der Waals surface area (Å²) in [6.45, 7) is 2.55. The number of carbonyl (C=O) groups excluding carboxylic acids is 1. The first kappa shape index (κ1) is 20.6. The minimum Gasteiger partial charge on any atom is -0.497 e. The Morgan fingerprint density at radius 1 is 1.10 bits per heavy atom. The van der Waals surface area contributed by atoms with Crippen molar-refractivity contribution in [2.24, 2.45) is 0 Å². The maximum atomic E-state index is 13.8. The molecule has 0 atom stereocenters. The van der Waals surface area contributed by atoms with Crippen molar-refractivity contribution in [3.05, 3.63) is 75.0 Å². The number of aromatic nitrogens is 1. The van der Waals surface area contributed by atoms with Crippen molar-refractivity contribution in [1.29, 1.82) is 0 Å². The molecule has 154 valence electrons. The van der Waals surface area contributed by atoms with Crippen LogP contribution in [0, 0.1) is 12.7 Å². The smallest absolute Gasteiger partial charge is 0.354 e. The fourth-order valence-corrected chi connectivity index (χ4v) is 5.27. The van der Waals surface area contributed by atoms with Gasteiger partial charge in [0.1, 0.15) is 17.3 Å². The molecule has 2 aromatic heterocycles. The fraction of sp³-hybridized carbons (Fsp3) is 0.174. The number of ether oxygens (including phenoxy) is 2. The lowest BCUT2D eigenvalue weighted by Crippen LogP contribution is -2.11. The molecule has 0 radical (unpaired) electrons. The molecule has 7 heteroatoms. The van der Waals surface area contributed by atoms with E-state index in [9.17, 15) is 9.18 Å². The quantitative estimate of drug-likeness (QED) is 0.304. The fourth-order valence-electron chi connectivity index (χ4n) is 3.48. The number of nitrogens with zero attached hydrogens (tertiary/aromatic N) is 1. The lowest BCUT2D eigenvalue weighted by molar-refractivity contribution is 0.0589. The molecule has 0 saturated carbocycles. The van der Waals surface area contributed by atoms with Gasteiger partial charge >= 0.3 is 5.97 Å². The van der Waals surface area contributed by atoms with Gasteiger partial charge in [-0.2, -0.15) is 0 Å². The molecule has 0 amide bonds. The molecule has 4 nitrogen and oxygen atoms in total. The standard InChI is InChI=1S/C23H19BrFNO3S/c1-13-21(24)22-20(30-13)11-19(23(27)29-3)26(22)12-14-4-6-15(7-5-14)16-8-17(25)10-18(9-16)28-2/h4-11H,12H2,1-3H3. The first-order chi connectivity index (χ1) is 14.4. The third kappa shape index (κ3) is 3.75. The molecular weight excluding hydrogens is 469 g/mol. The van der Waals surface area contributed by atoms with Crippen LogP contribution in [-0.4, -0.2) is 24.8 Å². The molecule has 30 heavy (non-hydrogen) atoms. The van der Waals surface area contributed by atoms with Gasteiger partial charge in [-0.05, 0) is 57.7 Å². The molecule has 0 fully saturated rings. The Labute approximate surface area is 186 Å². The molecule has 2 aromatic carbocycles. The van der Waals surface area contributed by atoms with Crippen LogP contribution in [0.4, 0.5) is 4.39 Å². The van der Waals surface area contributed by atoms with E-state index in [-0.39, 0.29) is 11.8 Å². The van der Waals surface area contributed by atoms with Crippen LogP contribution in [0.15, 0.2) is 53.0 Å². The van der Waals surface area contributed by atoms with Crippen LogP contribution in [0.3, 0.4) is 0 Å². The SMILES string of the molecule is COC(=O)c1cc2sc(C)c(Br)c2n1Cc1ccc(-c2cc(F)cc(OC)c2)cc1. The number of hydrogen-bond acceptors (Lipinski definition) is 4. The second kappa shape index (κ2) is 8.24. The number of fused-ring (bicyclic) bond motifs is 1. The van der Waals surface area contributed by atoms with E-state index in [1.165, 1.54) is 26.4 Å². The Bertz CT molecular complexity index is 1240. The largest absolute Gasteiger partial charge is 0.497 e. The summed E-state index contributed by atoms with van der Waals surface area (Å²) in [5, 5.41) is 0. The number of methoxy groups -OCH3 is 2. The summed E-state index contributed by atoms with van der Waals surface area (Å²) in [5.74, 6) is -0.237. The maximum absolute atomic E-state index is 13.8.